The molecule has 5 nitrogen and oxygen atoms in total. The summed E-state index contributed by atoms with van der Waals surface area (Å²) in [4.78, 5) is 2.22. The molecule has 1 unspecified atom stereocenters. The molecule has 0 saturated carbocycles. The second kappa shape index (κ2) is 11.9. The molecular formula is C13H30N2O3. The van der Waals surface area contributed by atoms with Gasteiger partial charge in [0.25, 0.3) is 0 Å². The van der Waals surface area contributed by atoms with Crippen molar-refractivity contribution >= 4 is 0 Å². The highest BCUT2D eigenvalue weighted by molar-refractivity contribution is 4.68. The van der Waals surface area contributed by atoms with Crippen LogP contribution in [0.5, 0.6) is 0 Å². The molecule has 0 aliphatic heterocycles. The van der Waals surface area contributed by atoms with Crippen LogP contribution in [0.2, 0.25) is 0 Å². The predicted octanol–water partition coefficient (Wildman–Crippen LogP) is 0.330. The number of nitrogens with one attached hydrogen (secondary N) is 1. The lowest BCUT2D eigenvalue weighted by molar-refractivity contribution is 0.0806. The van der Waals surface area contributed by atoms with Crippen LogP contribution < -0.4 is 5.32 Å². The summed E-state index contributed by atoms with van der Waals surface area (Å²) in [7, 11) is 3.41. The van der Waals surface area contributed by atoms with Crippen molar-refractivity contribution in [1.82, 2.24) is 10.2 Å². The number of hydrogen-bond donors (Lipinski definition) is 2. The van der Waals surface area contributed by atoms with E-state index in [9.17, 15) is 5.11 Å². The molecular weight excluding hydrogens is 232 g/mol. The van der Waals surface area contributed by atoms with Crippen molar-refractivity contribution < 1.29 is 14.6 Å². The lowest BCUT2D eigenvalue weighted by atomic mass is 10.2. The van der Waals surface area contributed by atoms with Crippen molar-refractivity contribution in [2.24, 2.45) is 0 Å². The monoisotopic (exact) mass is 262 g/mol. The molecule has 110 valence electrons. The molecule has 0 saturated heterocycles. The van der Waals surface area contributed by atoms with Gasteiger partial charge in [-0.3, -0.25) is 4.90 Å². The Bertz CT molecular complexity index is 180. The van der Waals surface area contributed by atoms with E-state index in [2.05, 4.69) is 24.1 Å². The predicted molar refractivity (Wildman–Crippen MR) is 74.0 cm³/mol. The number of nitrogens with zero attached hydrogens (tertiary/aromatic N) is 1. The first-order valence-electron chi connectivity index (χ1n) is 6.71. The van der Waals surface area contributed by atoms with Gasteiger partial charge in [0.15, 0.2) is 0 Å². The topological polar surface area (TPSA) is 54.0 Å². The average Bonchev–Trinajstić information content (AvgIpc) is 2.33. The molecule has 0 spiro atoms. The van der Waals surface area contributed by atoms with Crippen molar-refractivity contribution in [3.63, 3.8) is 0 Å². The maximum atomic E-state index is 9.95. The smallest absolute Gasteiger partial charge is 0.0791 e. The van der Waals surface area contributed by atoms with Crippen LogP contribution in [0.3, 0.4) is 0 Å². The van der Waals surface area contributed by atoms with E-state index in [4.69, 9.17) is 9.47 Å². The van der Waals surface area contributed by atoms with Gasteiger partial charge in [-0.1, -0.05) is 13.8 Å². The van der Waals surface area contributed by atoms with Crippen molar-refractivity contribution in [1.29, 1.82) is 0 Å². The van der Waals surface area contributed by atoms with Crippen LogP contribution in [-0.4, -0.2) is 75.8 Å². The molecule has 0 heterocycles. The highest BCUT2D eigenvalue weighted by Gasteiger charge is 2.11. The Morgan fingerprint density at radius 3 is 2.33 bits per heavy atom. The summed E-state index contributed by atoms with van der Waals surface area (Å²) in [6.07, 6.45) is 0.636. The largest absolute Gasteiger partial charge is 0.390 e. The second-order valence-electron chi connectivity index (χ2n) is 4.86. The highest BCUT2D eigenvalue weighted by atomic mass is 16.5. The van der Waals surface area contributed by atoms with Crippen LogP contribution in [0, 0.1) is 0 Å². The van der Waals surface area contributed by atoms with Gasteiger partial charge in [-0.15, -0.1) is 0 Å². The Morgan fingerprint density at radius 1 is 1.11 bits per heavy atom. The summed E-state index contributed by atoms with van der Waals surface area (Å²) in [6, 6.07) is 0.403. The third-order valence-electron chi connectivity index (χ3n) is 2.67. The van der Waals surface area contributed by atoms with Gasteiger partial charge in [0, 0.05) is 53.0 Å². The lowest BCUT2D eigenvalue weighted by Gasteiger charge is -2.25. The summed E-state index contributed by atoms with van der Waals surface area (Å²) in [5, 5.41) is 13.2. The molecule has 0 radical (unpaired) electrons. The fraction of sp³-hybridized carbons (Fsp3) is 1.00. The van der Waals surface area contributed by atoms with Gasteiger partial charge in [-0.25, -0.2) is 0 Å². The lowest BCUT2D eigenvalue weighted by Crippen LogP contribution is -2.41. The summed E-state index contributed by atoms with van der Waals surface area (Å²) in [5.41, 5.74) is 0. The van der Waals surface area contributed by atoms with Crippen molar-refractivity contribution in [2.45, 2.75) is 32.4 Å². The Balaban J connectivity index is 3.88. The molecule has 1 atom stereocenters. The van der Waals surface area contributed by atoms with Crippen LogP contribution in [0.25, 0.3) is 0 Å². The van der Waals surface area contributed by atoms with Crippen LogP contribution in [0.4, 0.5) is 0 Å². The molecule has 0 aromatic carbocycles. The second-order valence-corrected chi connectivity index (χ2v) is 4.86. The van der Waals surface area contributed by atoms with E-state index >= 15 is 0 Å². The number of rotatable bonds is 12. The first-order valence-corrected chi connectivity index (χ1v) is 6.71. The van der Waals surface area contributed by atoms with Crippen LogP contribution >= 0.6 is 0 Å². The number of aliphatic hydroxyl groups is 1. The molecule has 0 aliphatic rings. The number of ether oxygens (including phenoxy) is 2. The van der Waals surface area contributed by atoms with Gasteiger partial charge >= 0.3 is 0 Å². The molecule has 18 heavy (non-hydrogen) atoms. The van der Waals surface area contributed by atoms with Crippen LogP contribution in [0.1, 0.15) is 20.3 Å². The zero-order valence-corrected chi connectivity index (χ0v) is 12.3. The molecule has 0 amide bonds. The zero-order valence-electron chi connectivity index (χ0n) is 12.3. The van der Waals surface area contributed by atoms with E-state index in [1.165, 1.54) is 0 Å². The first-order chi connectivity index (χ1) is 8.60. The molecule has 0 rings (SSSR count). The summed E-state index contributed by atoms with van der Waals surface area (Å²) < 4.78 is 10.1. The van der Waals surface area contributed by atoms with E-state index in [0.717, 1.165) is 26.1 Å². The maximum Gasteiger partial charge on any atom is 0.0791 e. The summed E-state index contributed by atoms with van der Waals surface area (Å²) in [5.74, 6) is 0. The third kappa shape index (κ3) is 10.9. The van der Waals surface area contributed by atoms with Crippen molar-refractivity contribution in [3.05, 3.63) is 0 Å². The highest BCUT2D eigenvalue weighted by Crippen LogP contribution is 1.96. The minimum atomic E-state index is -0.341. The Morgan fingerprint density at radius 2 is 1.78 bits per heavy atom. The number of aliphatic hydroxyl groups excluding tert-OH is 1. The normalized spacial score (nSPS) is 13.5. The Hall–Kier alpha value is -0.200. The fourth-order valence-electron chi connectivity index (χ4n) is 1.68. The maximum absolute atomic E-state index is 9.95. The minimum absolute atomic E-state index is 0.341. The summed E-state index contributed by atoms with van der Waals surface area (Å²) >= 11 is 0. The number of hydrogen-bond acceptors (Lipinski definition) is 5. The van der Waals surface area contributed by atoms with Crippen LogP contribution in [0.15, 0.2) is 0 Å². The van der Waals surface area contributed by atoms with Crippen molar-refractivity contribution in [2.75, 3.05) is 53.6 Å². The van der Waals surface area contributed by atoms with E-state index < -0.39 is 0 Å². The molecule has 0 aromatic rings. The molecule has 0 aliphatic carbocycles. The van der Waals surface area contributed by atoms with Gasteiger partial charge in [0.1, 0.15) is 0 Å². The third-order valence-corrected chi connectivity index (χ3v) is 2.67. The van der Waals surface area contributed by atoms with E-state index in [1.54, 1.807) is 14.2 Å². The molecule has 0 fully saturated rings. The van der Waals surface area contributed by atoms with E-state index in [0.29, 0.717) is 25.7 Å². The fourth-order valence-corrected chi connectivity index (χ4v) is 1.68. The molecule has 0 aromatic heterocycles. The molecule has 5 heteroatoms. The standard InChI is InChI=1S/C13H30N2O3/c1-12(2)14-10-13(16)11-15(7-9-18-4)6-5-8-17-3/h12-14,16H,5-11H2,1-4H3. The van der Waals surface area contributed by atoms with E-state index in [1.807, 2.05) is 0 Å². The summed E-state index contributed by atoms with van der Waals surface area (Å²) in [6.45, 7) is 8.68. The van der Waals surface area contributed by atoms with Gasteiger partial charge in [0.05, 0.1) is 12.7 Å². The number of methoxy groups -OCH3 is 2. The Kier molecular flexibility index (Phi) is 11.7. The van der Waals surface area contributed by atoms with Gasteiger partial charge in [0.2, 0.25) is 0 Å². The van der Waals surface area contributed by atoms with Gasteiger partial charge in [-0.2, -0.15) is 0 Å². The quantitative estimate of drug-likeness (QED) is 0.497. The SMILES string of the molecule is COCCCN(CCOC)CC(O)CNC(C)C. The molecule has 0 bridgehead atoms. The van der Waals surface area contributed by atoms with E-state index in [-0.39, 0.29) is 6.10 Å². The van der Waals surface area contributed by atoms with Crippen molar-refractivity contribution in [3.8, 4) is 0 Å². The Labute approximate surface area is 111 Å². The van der Waals surface area contributed by atoms with Gasteiger partial charge in [-0.05, 0) is 6.42 Å². The average molecular weight is 262 g/mol. The first kappa shape index (κ1) is 17.8. The molecule has 2 N–H and O–H groups in total. The minimum Gasteiger partial charge on any atom is -0.390 e. The van der Waals surface area contributed by atoms with Gasteiger partial charge < -0.3 is 19.9 Å². The van der Waals surface area contributed by atoms with Crippen LogP contribution in [-0.2, 0) is 9.47 Å². The zero-order chi connectivity index (χ0) is 13.8.